The number of para-hydroxylation sites is 1. The summed E-state index contributed by atoms with van der Waals surface area (Å²) in [6.45, 7) is 1.79. The number of allylic oxidation sites excluding steroid dienone is 1. The van der Waals surface area contributed by atoms with Crippen LogP contribution in [0, 0.1) is 7.14 Å². The third-order valence-corrected chi connectivity index (χ3v) is 8.67. The van der Waals surface area contributed by atoms with Gasteiger partial charge in [0.2, 0.25) is 0 Å². The number of halogens is 2. The molecule has 192 valence electrons. The SMILES string of the molecule is COc1cccc([C@H]2C(C(=O)Nc3ccccc3)=C(C)N=c3s/c(=C\c4cc(I)c(O)c(I)c4)c(=O)n32)c1. The number of aromatic nitrogens is 1. The molecule has 2 heterocycles. The van der Waals surface area contributed by atoms with Gasteiger partial charge < -0.3 is 15.2 Å². The molecule has 0 aliphatic carbocycles. The van der Waals surface area contributed by atoms with Gasteiger partial charge in [-0.25, -0.2) is 4.99 Å². The highest BCUT2D eigenvalue weighted by atomic mass is 127. The number of carbonyl (C=O) groups is 1. The highest BCUT2D eigenvalue weighted by molar-refractivity contribution is 14.1. The van der Waals surface area contributed by atoms with E-state index in [-0.39, 0.29) is 17.2 Å². The van der Waals surface area contributed by atoms with Crippen LogP contribution in [0.15, 0.2) is 87.8 Å². The van der Waals surface area contributed by atoms with E-state index in [4.69, 9.17) is 4.74 Å². The Balaban J connectivity index is 1.70. The molecule has 1 aliphatic rings. The van der Waals surface area contributed by atoms with Gasteiger partial charge in [0.05, 0.1) is 36.1 Å². The van der Waals surface area contributed by atoms with E-state index in [0.29, 0.717) is 39.2 Å². The smallest absolute Gasteiger partial charge is 0.271 e. The standard InChI is InChI=1S/C28H21I2N3O4S/c1-15-23(26(35)32-18-8-4-3-5-9-18)24(17-7-6-10-19(14-17)37-2)33-27(36)22(38-28(33)31-15)13-16-11-20(29)25(34)21(30)12-16/h3-14,24,34H,1-2H3,(H,32,35)/b22-13-/t24-/m0/s1. The molecule has 0 saturated heterocycles. The Morgan fingerprint density at radius 1 is 1.11 bits per heavy atom. The normalized spacial score (nSPS) is 15.2. The number of rotatable bonds is 5. The van der Waals surface area contributed by atoms with Gasteiger partial charge in [0.25, 0.3) is 11.5 Å². The lowest BCUT2D eigenvalue weighted by Crippen LogP contribution is -2.40. The minimum Gasteiger partial charge on any atom is -0.506 e. The zero-order valence-electron chi connectivity index (χ0n) is 20.2. The number of hydrogen-bond acceptors (Lipinski definition) is 6. The number of nitrogens with zero attached hydrogens (tertiary/aromatic N) is 2. The number of anilines is 1. The maximum absolute atomic E-state index is 13.9. The van der Waals surface area contributed by atoms with Crippen LogP contribution >= 0.6 is 56.5 Å². The van der Waals surface area contributed by atoms with E-state index in [1.165, 1.54) is 11.3 Å². The van der Waals surface area contributed by atoms with Crippen molar-refractivity contribution in [3.05, 3.63) is 116 Å². The Morgan fingerprint density at radius 3 is 2.50 bits per heavy atom. The lowest BCUT2D eigenvalue weighted by molar-refractivity contribution is -0.113. The summed E-state index contributed by atoms with van der Waals surface area (Å²) in [5.41, 5.74) is 2.84. The fraction of sp³-hybridized carbons (Fsp3) is 0.107. The minimum absolute atomic E-state index is 0.215. The summed E-state index contributed by atoms with van der Waals surface area (Å²) in [5, 5.41) is 13.1. The van der Waals surface area contributed by atoms with Gasteiger partial charge in [-0.15, -0.1) is 0 Å². The van der Waals surface area contributed by atoms with Gasteiger partial charge in [0.1, 0.15) is 11.5 Å². The lowest BCUT2D eigenvalue weighted by Gasteiger charge is -2.25. The monoisotopic (exact) mass is 749 g/mol. The number of phenols is 1. The van der Waals surface area contributed by atoms with Crippen LogP contribution in [0.3, 0.4) is 0 Å². The molecule has 1 amide bonds. The molecule has 1 aromatic heterocycles. The van der Waals surface area contributed by atoms with Crippen molar-refractivity contribution in [2.24, 2.45) is 4.99 Å². The van der Waals surface area contributed by atoms with Gasteiger partial charge in [-0.05, 0) is 106 Å². The van der Waals surface area contributed by atoms with Gasteiger partial charge in [0.15, 0.2) is 4.80 Å². The molecule has 0 spiro atoms. The number of ether oxygens (including phenoxy) is 1. The number of carbonyl (C=O) groups excluding carboxylic acids is 1. The van der Waals surface area contributed by atoms with Gasteiger partial charge >= 0.3 is 0 Å². The van der Waals surface area contributed by atoms with Crippen LogP contribution in [0.5, 0.6) is 11.5 Å². The molecule has 7 nitrogen and oxygen atoms in total. The first-order chi connectivity index (χ1) is 18.3. The number of hydrogen-bond donors (Lipinski definition) is 2. The van der Waals surface area contributed by atoms with E-state index in [1.807, 2.05) is 66.7 Å². The number of benzene rings is 3. The van der Waals surface area contributed by atoms with Crippen LogP contribution in [0.2, 0.25) is 0 Å². The molecule has 2 N–H and O–H groups in total. The first-order valence-corrected chi connectivity index (χ1v) is 14.4. The minimum atomic E-state index is -0.702. The average Bonchev–Trinajstić information content (AvgIpc) is 3.20. The van der Waals surface area contributed by atoms with Gasteiger partial charge in [-0.1, -0.05) is 41.7 Å². The van der Waals surface area contributed by atoms with Crippen LogP contribution in [-0.2, 0) is 4.79 Å². The fourth-order valence-electron chi connectivity index (χ4n) is 4.28. The number of amides is 1. The maximum atomic E-state index is 13.9. The topological polar surface area (TPSA) is 92.9 Å². The number of aromatic hydroxyl groups is 1. The van der Waals surface area contributed by atoms with E-state index in [1.54, 1.807) is 24.7 Å². The Labute approximate surface area is 249 Å². The molecule has 0 saturated carbocycles. The molecule has 10 heteroatoms. The molecule has 0 unspecified atom stereocenters. The first-order valence-electron chi connectivity index (χ1n) is 11.5. The molecular weight excluding hydrogens is 728 g/mol. The van der Waals surface area contributed by atoms with Crippen molar-refractivity contribution in [2.45, 2.75) is 13.0 Å². The molecule has 1 aliphatic heterocycles. The second-order valence-corrected chi connectivity index (χ2v) is 11.8. The van der Waals surface area contributed by atoms with Crippen LogP contribution in [0.25, 0.3) is 6.08 Å². The lowest BCUT2D eigenvalue weighted by atomic mass is 9.95. The van der Waals surface area contributed by atoms with Crippen molar-refractivity contribution in [3.63, 3.8) is 0 Å². The zero-order chi connectivity index (χ0) is 27.0. The van der Waals surface area contributed by atoms with E-state index in [2.05, 4.69) is 55.5 Å². The maximum Gasteiger partial charge on any atom is 0.271 e. The highest BCUT2D eigenvalue weighted by Crippen LogP contribution is 2.32. The molecule has 38 heavy (non-hydrogen) atoms. The second kappa shape index (κ2) is 11.0. The van der Waals surface area contributed by atoms with Crippen LogP contribution < -0.4 is 24.9 Å². The predicted molar refractivity (Wildman–Crippen MR) is 165 cm³/mol. The van der Waals surface area contributed by atoms with E-state index in [0.717, 1.165) is 11.1 Å². The van der Waals surface area contributed by atoms with Crippen LogP contribution in [0.1, 0.15) is 24.1 Å². The second-order valence-electron chi connectivity index (χ2n) is 8.51. The zero-order valence-corrected chi connectivity index (χ0v) is 25.4. The summed E-state index contributed by atoms with van der Waals surface area (Å²) in [6.07, 6.45) is 1.79. The average molecular weight is 749 g/mol. The molecular formula is C28H21I2N3O4S. The summed E-state index contributed by atoms with van der Waals surface area (Å²) in [7, 11) is 1.58. The summed E-state index contributed by atoms with van der Waals surface area (Å²) >= 11 is 5.40. The van der Waals surface area contributed by atoms with Crippen molar-refractivity contribution < 1.29 is 14.6 Å². The molecule has 3 aromatic carbocycles. The van der Waals surface area contributed by atoms with Crippen molar-refractivity contribution in [1.29, 1.82) is 0 Å². The van der Waals surface area contributed by atoms with Crippen molar-refractivity contribution in [3.8, 4) is 11.5 Å². The van der Waals surface area contributed by atoms with E-state index in [9.17, 15) is 14.7 Å². The summed E-state index contributed by atoms with van der Waals surface area (Å²) in [4.78, 5) is 32.7. The highest BCUT2D eigenvalue weighted by Gasteiger charge is 2.32. The number of fused-ring (bicyclic) bond motifs is 1. The Bertz CT molecular complexity index is 1750. The molecule has 4 aromatic rings. The first kappa shape index (κ1) is 26.6. The molecule has 1 atom stereocenters. The Hall–Kier alpha value is -2.97. The summed E-state index contributed by atoms with van der Waals surface area (Å²) < 4.78 is 8.89. The van der Waals surface area contributed by atoms with Gasteiger partial charge in [-0.3, -0.25) is 14.2 Å². The van der Waals surface area contributed by atoms with Crippen molar-refractivity contribution in [1.82, 2.24) is 4.57 Å². The third-order valence-electron chi connectivity index (χ3n) is 6.04. The van der Waals surface area contributed by atoms with Crippen LogP contribution in [0.4, 0.5) is 5.69 Å². The van der Waals surface area contributed by atoms with Gasteiger partial charge in [-0.2, -0.15) is 0 Å². The quantitative estimate of drug-likeness (QED) is 0.287. The Morgan fingerprint density at radius 2 is 1.82 bits per heavy atom. The van der Waals surface area contributed by atoms with E-state index < -0.39 is 6.04 Å². The number of nitrogens with one attached hydrogen (secondary N) is 1. The van der Waals surface area contributed by atoms with Crippen LogP contribution in [-0.4, -0.2) is 22.7 Å². The van der Waals surface area contributed by atoms with Gasteiger partial charge in [0, 0.05) is 5.69 Å². The third kappa shape index (κ3) is 5.16. The molecule has 5 rings (SSSR count). The van der Waals surface area contributed by atoms with Crippen molar-refractivity contribution >= 4 is 74.2 Å². The summed E-state index contributed by atoms with van der Waals surface area (Å²) in [5.74, 6) is 0.505. The van der Waals surface area contributed by atoms with E-state index >= 15 is 0 Å². The largest absolute Gasteiger partial charge is 0.506 e. The molecule has 0 bridgehead atoms. The fourth-order valence-corrected chi connectivity index (χ4v) is 7.14. The number of thiazole rings is 1. The van der Waals surface area contributed by atoms with Crippen molar-refractivity contribution in [2.75, 3.05) is 12.4 Å². The summed E-state index contributed by atoms with van der Waals surface area (Å²) in [6, 6.07) is 19.5. The number of phenolic OH excluding ortho intramolecular Hbond substituents is 1. The predicted octanol–water partition coefficient (Wildman–Crippen LogP) is 4.80. The number of methoxy groups -OCH3 is 1. The Kier molecular flexibility index (Phi) is 7.73. The molecule has 0 fully saturated rings. The molecule has 0 radical (unpaired) electrons.